The van der Waals surface area contributed by atoms with Crippen molar-refractivity contribution in [3.8, 4) is 0 Å². The lowest BCUT2D eigenvalue weighted by Crippen LogP contribution is -2.47. The minimum absolute atomic E-state index is 0.0822. The van der Waals surface area contributed by atoms with Crippen molar-refractivity contribution in [2.45, 2.75) is 70.1 Å². The topological polar surface area (TPSA) is 59.6 Å². The molecule has 0 bridgehead atoms. The first kappa shape index (κ1) is 19.1. The Morgan fingerprint density at radius 1 is 1.14 bits per heavy atom. The van der Waals surface area contributed by atoms with Gasteiger partial charge in [-0.2, -0.15) is 0 Å². The lowest BCUT2D eigenvalue weighted by atomic mass is 9.93. The van der Waals surface area contributed by atoms with E-state index in [4.69, 9.17) is 9.47 Å². The summed E-state index contributed by atoms with van der Waals surface area (Å²) >= 11 is 0. The fourth-order valence-corrected chi connectivity index (χ4v) is 2.37. The molecule has 0 unspecified atom stereocenters. The maximum atomic E-state index is 13.8. The van der Waals surface area contributed by atoms with Crippen molar-refractivity contribution in [3.63, 3.8) is 0 Å². The third-order valence-electron chi connectivity index (χ3n) is 3.55. The van der Waals surface area contributed by atoms with E-state index in [2.05, 4.69) is 10.6 Å². The average molecular weight is 322 g/mol. The zero-order valence-electron chi connectivity index (χ0n) is 13.9. The van der Waals surface area contributed by atoms with Crippen molar-refractivity contribution < 1.29 is 23.0 Å². The van der Waals surface area contributed by atoms with E-state index in [9.17, 15) is 13.6 Å². The molecule has 0 aromatic heterocycles. The maximum Gasteiger partial charge on any atom is 0.407 e. The number of alkyl carbamates (subject to hydrolysis) is 1. The van der Waals surface area contributed by atoms with Gasteiger partial charge in [0.15, 0.2) is 0 Å². The third kappa shape index (κ3) is 7.89. The molecule has 5 nitrogen and oxygen atoms in total. The van der Waals surface area contributed by atoms with Crippen LogP contribution in [0.5, 0.6) is 0 Å². The lowest BCUT2D eigenvalue weighted by molar-refractivity contribution is -0.00868. The van der Waals surface area contributed by atoms with Crippen LogP contribution >= 0.6 is 0 Å². The third-order valence-corrected chi connectivity index (χ3v) is 3.55. The van der Waals surface area contributed by atoms with Crippen LogP contribution in [0.3, 0.4) is 0 Å². The van der Waals surface area contributed by atoms with E-state index >= 15 is 0 Å². The van der Waals surface area contributed by atoms with Crippen LogP contribution in [0.2, 0.25) is 0 Å². The summed E-state index contributed by atoms with van der Waals surface area (Å²) in [7, 11) is 1.68. The van der Waals surface area contributed by atoms with Gasteiger partial charge >= 0.3 is 6.09 Å². The number of amides is 1. The average Bonchev–Trinajstić information content (AvgIpc) is 2.42. The molecule has 0 heterocycles. The molecule has 0 spiro atoms. The Balaban J connectivity index is 2.25. The molecule has 0 aromatic rings. The molecule has 130 valence electrons. The van der Waals surface area contributed by atoms with E-state index in [1.165, 1.54) is 0 Å². The standard InChI is InChI=1S/C15H28F2N2O3/c1-14(2,3)22-13(20)19-10-15(16,17)9-18-11-5-7-12(21-4)8-6-11/h11-12,18H,5-10H2,1-4H3,(H,19,20). The summed E-state index contributed by atoms with van der Waals surface area (Å²) in [6, 6.07) is 0.0822. The number of rotatable bonds is 6. The normalized spacial score (nSPS) is 23.2. The Labute approximate surface area is 131 Å². The molecule has 1 rings (SSSR count). The molecule has 1 amide bonds. The quantitative estimate of drug-likeness (QED) is 0.789. The molecular weight excluding hydrogens is 294 g/mol. The summed E-state index contributed by atoms with van der Waals surface area (Å²) in [6.45, 7) is 3.86. The summed E-state index contributed by atoms with van der Waals surface area (Å²) in [5.41, 5.74) is -0.697. The number of carbonyl (C=O) groups excluding carboxylic acids is 1. The van der Waals surface area contributed by atoms with E-state index in [-0.39, 0.29) is 12.1 Å². The van der Waals surface area contributed by atoms with Gasteiger partial charge in [-0.25, -0.2) is 13.6 Å². The smallest absolute Gasteiger partial charge is 0.407 e. The van der Waals surface area contributed by atoms with Gasteiger partial charge in [0.05, 0.1) is 19.2 Å². The summed E-state index contributed by atoms with van der Waals surface area (Å²) in [5, 5.41) is 4.99. The summed E-state index contributed by atoms with van der Waals surface area (Å²) in [5.74, 6) is -3.00. The number of alkyl halides is 2. The van der Waals surface area contributed by atoms with Crippen molar-refractivity contribution in [2.75, 3.05) is 20.2 Å². The van der Waals surface area contributed by atoms with Crippen LogP contribution < -0.4 is 10.6 Å². The number of ether oxygens (including phenoxy) is 2. The molecule has 0 atom stereocenters. The van der Waals surface area contributed by atoms with Crippen LogP contribution in [0.1, 0.15) is 46.5 Å². The second-order valence-electron chi connectivity index (χ2n) is 6.80. The zero-order valence-corrected chi connectivity index (χ0v) is 13.9. The molecule has 0 aliphatic heterocycles. The first-order valence-corrected chi connectivity index (χ1v) is 7.72. The fourth-order valence-electron chi connectivity index (χ4n) is 2.37. The number of hydrogen-bond acceptors (Lipinski definition) is 4. The molecule has 0 aromatic carbocycles. The molecule has 1 aliphatic carbocycles. The SMILES string of the molecule is COC1CCC(NCC(F)(F)CNC(=O)OC(C)(C)C)CC1. The number of methoxy groups -OCH3 is 1. The summed E-state index contributed by atoms with van der Waals surface area (Å²) in [6.07, 6.45) is 2.84. The van der Waals surface area contributed by atoms with Crippen LogP contribution in [-0.2, 0) is 9.47 Å². The predicted molar refractivity (Wildman–Crippen MR) is 80.2 cm³/mol. The highest BCUT2D eigenvalue weighted by atomic mass is 19.3. The number of halogens is 2. The second kappa shape index (κ2) is 8.06. The van der Waals surface area contributed by atoms with Gasteiger partial charge in [0.25, 0.3) is 5.92 Å². The summed E-state index contributed by atoms with van der Waals surface area (Å²) in [4.78, 5) is 11.4. The van der Waals surface area contributed by atoms with Gasteiger partial charge in [-0.15, -0.1) is 0 Å². The Bertz CT molecular complexity index is 351. The Kier molecular flexibility index (Phi) is 6.99. The molecule has 0 saturated heterocycles. The highest BCUT2D eigenvalue weighted by Gasteiger charge is 2.32. The highest BCUT2D eigenvalue weighted by molar-refractivity contribution is 5.67. The highest BCUT2D eigenvalue weighted by Crippen LogP contribution is 2.21. The van der Waals surface area contributed by atoms with Gasteiger partial charge in [0, 0.05) is 13.2 Å². The van der Waals surface area contributed by atoms with Crippen LogP contribution in [0.15, 0.2) is 0 Å². The van der Waals surface area contributed by atoms with Crippen LogP contribution in [-0.4, -0.2) is 50.0 Å². The van der Waals surface area contributed by atoms with Gasteiger partial charge in [-0.1, -0.05) is 0 Å². The van der Waals surface area contributed by atoms with Gasteiger partial charge < -0.3 is 20.1 Å². The van der Waals surface area contributed by atoms with E-state index < -0.39 is 30.7 Å². The van der Waals surface area contributed by atoms with Crippen LogP contribution in [0.25, 0.3) is 0 Å². The molecule has 22 heavy (non-hydrogen) atoms. The fraction of sp³-hybridized carbons (Fsp3) is 0.933. The zero-order chi connectivity index (χ0) is 16.8. The number of nitrogens with one attached hydrogen (secondary N) is 2. The molecule has 1 aliphatic rings. The molecule has 2 N–H and O–H groups in total. The van der Waals surface area contributed by atoms with Gasteiger partial charge in [0.1, 0.15) is 5.60 Å². The molecule has 1 fully saturated rings. The summed E-state index contributed by atoms with van der Waals surface area (Å²) < 4.78 is 37.7. The molecule has 7 heteroatoms. The number of hydrogen-bond donors (Lipinski definition) is 2. The Morgan fingerprint density at radius 2 is 1.73 bits per heavy atom. The van der Waals surface area contributed by atoms with Crippen molar-refractivity contribution in [1.29, 1.82) is 0 Å². The van der Waals surface area contributed by atoms with Gasteiger partial charge in [-0.3, -0.25) is 0 Å². The van der Waals surface area contributed by atoms with E-state index in [1.54, 1.807) is 27.9 Å². The van der Waals surface area contributed by atoms with E-state index in [0.717, 1.165) is 25.7 Å². The second-order valence-corrected chi connectivity index (χ2v) is 6.80. The minimum atomic E-state index is -3.00. The van der Waals surface area contributed by atoms with Crippen molar-refractivity contribution >= 4 is 6.09 Å². The Morgan fingerprint density at radius 3 is 2.23 bits per heavy atom. The van der Waals surface area contributed by atoms with Crippen molar-refractivity contribution in [3.05, 3.63) is 0 Å². The molecular formula is C15H28F2N2O3. The Hall–Kier alpha value is -0.950. The van der Waals surface area contributed by atoms with Gasteiger partial charge in [-0.05, 0) is 46.5 Å². The monoisotopic (exact) mass is 322 g/mol. The molecule has 0 radical (unpaired) electrons. The van der Waals surface area contributed by atoms with Crippen LogP contribution in [0.4, 0.5) is 13.6 Å². The largest absolute Gasteiger partial charge is 0.444 e. The van der Waals surface area contributed by atoms with Crippen LogP contribution in [0, 0.1) is 0 Å². The predicted octanol–water partition coefficient (Wildman–Crippen LogP) is 2.69. The maximum absolute atomic E-state index is 13.8. The number of carbonyl (C=O) groups is 1. The first-order chi connectivity index (χ1) is 10.1. The van der Waals surface area contributed by atoms with Crippen molar-refractivity contribution in [1.82, 2.24) is 10.6 Å². The van der Waals surface area contributed by atoms with Crippen molar-refractivity contribution in [2.24, 2.45) is 0 Å². The van der Waals surface area contributed by atoms with E-state index in [1.807, 2.05) is 0 Å². The molecule has 1 saturated carbocycles. The lowest BCUT2D eigenvalue weighted by Gasteiger charge is -2.29. The van der Waals surface area contributed by atoms with E-state index in [0.29, 0.717) is 0 Å². The minimum Gasteiger partial charge on any atom is -0.444 e. The van der Waals surface area contributed by atoms with Gasteiger partial charge in [0.2, 0.25) is 0 Å². The first-order valence-electron chi connectivity index (χ1n) is 7.72.